The number of hydrogen-bond donors (Lipinski definition) is 9. The normalized spacial score (nSPS) is 18.8. The summed E-state index contributed by atoms with van der Waals surface area (Å²) < 4.78 is 12.8. The maximum Gasteiger partial charge on any atom is 0.236 e. The van der Waals surface area contributed by atoms with Gasteiger partial charge in [0.2, 0.25) is 17.7 Å². The molecule has 0 fully saturated rings. The summed E-state index contributed by atoms with van der Waals surface area (Å²) in [6, 6.07) is 16.6. The van der Waals surface area contributed by atoms with E-state index < -0.39 is 0 Å². The average Bonchev–Trinajstić information content (AvgIpc) is 3.29. The van der Waals surface area contributed by atoms with Crippen LogP contribution in [0.5, 0.6) is 5.75 Å². The molecule has 0 bridgehead atoms. The van der Waals surface area contributed by atoms with Gasteiger partial charge in [-0.25, -0.2) is 0 Å². The standard InChI is InChI=1S/C50H72N10O8/c1-33(56-49(62)23-54-65)25-59-16-13-44-40(28-59)6-5-7-41(44)31-68-32-43-20-47(67-4)45-19-38(12-15-58(30-46(45)35(43)3)17-14-52-48(61)22-53-64)39-11-10-37-9-8-36(21-51)18-42(37)29-60(27-39)26-34(2)57-50(63)24-55-66/h5-9,18,20,33-34,38-39,53-55,64-66H,10-17,19,22-32H2,1-4H3,(H,52,61)(H,56,62)(H,57,63)/t33-,34-,38?,39?/m0/s1. The molecule has 4 atom stereocenters. The maximum atomic E-state index is 12.5. The molecule has 0 radical (unpaired) electrons. The molecular formula is C50H72N10O8. The fraction of sp³-hybridized carbons (Fsp3) is 0.560. The number of nitrogens with zero attached hydrogens (tertiary/aromatic N) is 4. The molecule has 9 N–H and O–H groups in total. The summed E-state index contributed by atoms with van der Waals surface area (Å²) in [6.07, 6.45) is 4.43. The average molecular weight is 941 g/mol. The highest BCUT2D eigenvalue weighted by atomic mass is 16.5. The quantitative estimate of drug-likeness (QED) is 0.0698. The number of fused-ring (bicyclic) bond motifs is 3. The molecule has 3 aromatic rings. The molecule has 0 aliphatic carbocycles. The predicted octanol–water partition coefficient (Wildman–Crippen LogP) is 2.44. The van der Waals surface area contributed by atoms with Crippen molar-refractivity contribution in [3.05, 3.63) is 98.1 Å². The van der Waals surface area contributed by atoms with Crippen LogP contribution in [0.1, 0.15) is 82.3 Å². The van der Waals surface area contributed by atoms with Crippen LogP contribution in [-0.2, 0) is 71.2 Å². The number of carbonyl (C=O) groups is 3. The Morgan fingerprint density at radius 3 is 2.15 bits per heavy atom. The number of hydroxylamine groups is 3. The smallest absolute Gasteiger partial charge is 0.236 e. The number of nitriles is 1. The van der Waals surface area contributed by atoms with Crippen molar-refractivity contribution in [2.24, 2.45) is 11.8 Å². The van der Waals surface area contributed by atoms with Crippen molar-refractivity contribution in [3.8, 4) is 11.8 Å². The van der Waals surface area contributed by atoms with E-state index in [4.69, 9.17) is 25.1 Å². The molecule has 3 amide bonds. The van der Waals surface area contributed by atoms with Crippen LogP contribution in [0.3, 0.4) is 0 Å². The summed E-state index contributed by atoms with van der Waals surface area (Å²) in [5.74, 6) is 0.548. The predicted molar refractivity (Wildman–Crippen MR) is 255 cm³/mol. The highest BCUT2D eigenvalue weighted by molar-refractivity contribution is 5.78. The fourth-order valence-corrected chi connectivity index (χ4v) is 10.4. The second-order valence-corrected chi connectivity index (χ2v) is 18.8. The molecule has 18 nitrogen and oxygen atoms in total. The van der Waals surface area contributed by atoms with Gasteiger partial charge in [0, 0.05) is 71.0 Å². The number of aryl methyl sites for hydroxylation is 1. The van der Waals surface area contributed by atoms with Gasteiger partial charge in [-0.05, 0) is 140 Å². The van der Waals surface area contributed by atoms with E-state index >= 15 is 0 Å². The summed E-state index contributed by atoms with van der Waals surface area (Å²) in [4.78, 5) is 43.9. The zero-order chi connectivity index (χ0) is 48.6. The number of hydrogen-bond acceptors (Lipinski definition) is 15. The third kappa shape index (κ3) is 14.7. The Labute approximate surface area is 400 Å². The van der Waals surface area contributed by atoms with Crippen LogP contribution in [0.2, 0.25) is 0 Å². The van der Waals surface area contributed by atoms with E-state index in [0.29, 0.717) is 58.0 Å². The molecule has 0 aromatic heterocycles. The van der Waals surface area contributed by atoms with Crippen LogP contribution >= 0.6 is 0 Å². The Kier molecular flexibility index (Phi) is 20.1. The topological polar surface area (TPSA) is 236 Å². The first-order valence-corrected chi connectivity index (χ1v) is 23.9. The number of amides is 3. The zero-order valence-electron chi connectivity index (χ0n) is 40.2. The minimum Gasteiger partial charge on any atom is -0.496 e. The summed E-state index contributed by atoms with van der Waals surface area (Å²) >= 11 is 0. The van der Waals surface area contributed by atoms with Crippen molar-refractivity contribution >= 4 is 17.7 Å². The summed E-state index contributed by atoms with van der Waals surface area (Å²) in [5.41, 5.74) is 17.1. The van der Waals surface area contributed by atoms with Gasteiger partial charge in [-0.1, -0.05) is 24.3 Å². The molecule has 0 saturated carbocycles. The van der Waals surface area contributed by atoms with Gasteiger partial charge in [0.25, 0.3) is 0 Å². The molecular weight excluding hydrogens is 869 g/mol. The van der Waals surface area contributed by atoms with Crippen molar-refractivity contribution in [2.75, 3.05) is 72.6 Å². The molecule has 3 aliphatic rings. The van der Waals surface area contributed by atoms with E-state index in [1.54, 1.807) is 7.11 Å². The molecule has 0 saturated heterocycles. The molecule has 3 aliphatic heterocycles. The molecule has 6 rings (SSSR count). The minimum absolute atomic E-state index is 0.0643. The number of benzene rings is 3. The molecule has 370 valence electrons. The lowest BCUT2D eigenvalue weighted by Crippen LogP contribution is -2.47. The number of methoxy groups -OCH3 is 1. The van der Waals surface area contributed by atoms with Crippen molar-refractivity contribution < 1.29 is 39.5 Å². The number of carbonyl (C=O) groups excluding carboxylic acids is 3. The van der Waals surface area contributed by atoms with Crippen LogP contribution in [0.4, 0.5) is 0 Å². The third-order valence-electron chi connectivity index (χ3n) is 13.8. The summed E-state index contributed by atoms with van der Waals surface area (Å²) in [6.45, 7) is 13.3. The van der Waals surface area contributed by atoms with Gasteiger partial charge >= 0.3 is 0 Å². The largest absolute Gasteiger partial charge is 0.496 e. The van der Waals surface area contributed by atoms with Crippen LogP contribution in [0, 0.1) is 30.1 Å². The Balaban J connectivity index is 1.23. The first kappa shape index (κ1) is 52.3. The second kappa shape index (κ2) is 26.1. The fourth-order valence-electron chi connectivity index (χ4n) is 10.4. The Morgan fingerprint density at radius 1 is 0.750 bits per heavy atom. The lowest BCUT2D eigenvalue weighted by atomic mass is 9.77. The van der Waals surface area contributed by atoms with Crippen molar-refractivity contribution in [1.29, 1.82) is 5.26 Å². The highest BCUT2D eigenvalue weighted by Gasteiger charge is 2.32. The Morgan fingerprint density at radius 2 is 1.44 bits per heavy atom. The molecule has 3 heterocycles. The minimum atomic E-state index is -0.292. The van der Waals surface area contributed by atoms with E-state index in [-0.39, 0.29) is 61.3 Å². The van der Waals surface area contributed by atoms with Crippen LogP contribution < -0.4 is 37.1 Å². The lowest BCUT2D eigenvalue weighted by Gasteiger charge is -2.39. The summed E-state index contributed by atoms with van der Waals surface area (Å²) in [5, 5.41) is 45.7. The van der Waals surface area contributed by atoms with Gasteiger partial charge < -0.3 is 41.0 Å². The van der Waals surface area contributed by atoms with Gasteiger partial charge in [-0.15, -0.1) is 0 Å². The SMILES string of the molecule is COc1cc(COCc2cccc3c2CCN(C[C@H](C)NC(=O)CNO)C3)c(C)c2c1CC(C1CCc3ccc(C#N)cc3CN(C[C@H](C)NC(=O)CNO)C1)CCN(CCNC(=O)CNO)C2. The Bertz CT molecular complexity index is 2220. The van der Waals surface area contributed by atoms with E-state index in [2.05, 4.69) is 74.0 Å². The number of nitrogens with one attached hydrogen (secondary N) is 6. The van der Waals surface area contributed by atoms with Crippen LogP contribution in [0.25, 0.3) is 0 Å². The van der Waals surface area contributed by atoms with E-state index in [1.165, 1.54) is 33.4 Å². The third-order valence-corrected chi connectivity index (χ3v) is 13.8. The molecule has 3 aromatic carbocycles. The van der Waals surface area contributed by atoms with Gasteiger partial charge in [-0.2, -0.15) is 21.7 Å². The molecule has 18 heteroatoms. The van der Waals surface area contributed by atoms with Gasteiger partial charge in [0.05, 0.1) is 51.6 Å². The van der Waals surface area contributed by atoms with E-state index in [1.807, 2.05) is 42.4 Å². The molecule has 68 heavy (non-hydrogen) atoms. The van der Waals surface area contributed by atoms with E-state index in [9.17, 15) is 19.6 Å². The second-order valence-electron chi connectivity index (χ2n) is 18.8. The van der Waals surface area contributed by atoms with Gasteiger partial charge in [-0.3, -0.25) is 29.1 Å². The Hall–Kier alpha value is -5.04. The van der Waals surface area contributed by atoms with Crippen LogP contribution in [0.15, 0.2) is 42.5 Å². The molecule has 2 unspecified atom stereocenters. The zero-order valence-corrected chi connectivity index (χ0v) is 40.2. The highest BCUT2D eigenvalue weighted by Crippen LogP contribution is 2.39. The number of ether oxygens (including phenoxy) is 2. The lowest BCUT2D eigenvalue weighted by molar-refractivity contribution is -0.123. The first-order chi connectivity index (χ1) is 32.9. The summed E-state index contributed by atoms with van der Waals surface area (Å²) in [7, 11) is 1.73. The first-order valence-electron chi connectivity index (χ1n) is 23.9. The molecule has 0 spiro atoms. The van der Waals surface area contributed by atoms with Crippen molar-refractivity contribution in [1.82, 2.24) is 47.1 Å². The van der Waals surface area contributed by atoms with E-state index in [0.717, 1.165) is 80.7 Å². The maximum absolute atomic E-state index is 12.5. The monoisotopic (exact) mass is 941 g/mol. The number of rotatable bonds is 21. The van der Waals surface area contributed by atoms with Crippen LogP contribution in [-0.4, -0.2) is 133 Å². The van der Waals surface area contributed by atoms with Gasteiger partial charge in [0.15, 0.2) is 0 Å². The van der Waals surface area contributed by atoms with Crippen molar-refractivity contribution in [2.45, 2.75) is 97.8 Å². The van der Waals surface area contributed by atoms with Crippen molar-refractivity contribution in [3.63, 3.8) is 0 Å². The van der Waals surface area contributed by atoms with Gasteiger partial charge in [0.1, 0.15) is 5.75 Å².